The molecule has 0 bridgehead atoms. The standard InChI is InChI=1S/C18H17ClN2O/c19-15-11-9-14(10-12-15)18(22)21-20-17-8-4-2-6-13-5-1-3-7-16(13)17/h1,3,5,7,9-12H,2,4,6,8H2,(H,21,22)/b20-17-. The van der Waals surface area contributed by atoms with E-state index < -0.39 is 0 Å². The van der Waals surface area contributed by atoms with E-state index in [-0.39, 0.29) is 5.91 Å². The van der Waals surface area contributed by atoms with E-state index in [0.717, 1.165) is 37.0 Å². The first-order valence-corrected chi connectivity index (χ1v) is 7.82. The maximum Gasteiger partial charge on any atom is 0.271 e. The van der Waals surface area contributed by atoms with E-state index in [2.05, 4.69) is 22.7 Å². The molecule has 4 heteroatoms. The van der Waals surface area contributed by atoms with Crippen molar-refractivity contribution < 1.29 is 4.79 Å². The molecule has 0 fully saturated rings. The van der Waals surface area contributed by atoms with Crippen LogP contribution >= 0.6 is 11.6 Å². The minimum Gasteiger partial charge on any atom is -0.267 e. The lowest BCUT2D eigenvalue weighted by atomic mass is 10.0. The predicted octanol–water partition coefficient (Wildman–Crippen LogP) is 4.20. The van der Waals surface area contributed by atoms with Crippen LogP contribution in [0, 0.1) is 0 Å². The summed E-state index contributed by atoms with van der Waals surface area (Å²) < 4.78 is 0. The third-order valence-corrected chi connectivity index (χ3v) is 4.09. The maximum absolute atomic E-state index is 12.1. The molecule has 0 radical (unpaired) electrons. The van der Waals surface area contributed by atoms with Crippen LogP contribution in [0.1, 0.15) is 40.7 Å². The molecule has 1 aliphatic carbocycles. The fraction of sp³-hybridized carbons (Fsp3) is 0.222. The number of nitrogens with zero attached hydrogens (tertiary/aromatic N) is 1. The number of halogens is 1. The molecule has 0 atom stereocenters. The van der Waals surface area contributed by atoms with Crippen molar-refractivity contribution in [1.29, 1.82) is 0 Å². The SMILES string of the molecule is O=C(N/N=C1/CCCCc2ccccc21)c1ccc(Cl)cc1. The maximum atomic E-state index is 12.1. The quantitative estimate of drug-likeness (QED) is 0.655. The first-order chi connectivity index (χ1) is 10.7. The van der Waals surface area contributed by atoms with Crippen molar-refractivity contribution in [1.82, 2.24) is 5.43 Å². The van der Waals surface area contributed by atoms with Crippen molar-refractivity contribution in [3.63, 3.8) is 0 Å². The highest BCUT2D eigenvalue weighted by atomic mass is 35.5. The van der Waals surface area contributed by atoms with Crippen LogP contribution in [0.4, 0.5) is 0 Å². The molecular formula is C18H17ClN2O. The van der Waals surface area contributed by atoms with Gasteiger partial charge in [0, 0.05) is 16.1 Å². The molecule has 0 unspecified atom stereocenters. The molecule has 0 saturated carbocycles. The Morgan fingerprint density at radius 1 is 1.00 bits per heavy atom. The van der Waals surface area contributed by atoms with Gasteiger partial charge in [-0.25, -0.2) is 5.43 Å². The van der Waals surface area contributed by atoms with E-state index in [4.69, 9.17) is 11.6 Å². The molecule has 22 heavy (non-hydrogen) atoms. The smallest absolute Gasteiger partial charge is 0.267 e. The number of nitrogens with one attached hydrogen (secondary N) is 1. The minimum atomic E-state index is -0.217. The highest BCUT2D eigenvalue weighted by Gasteiger charge is 2.14. The van der Waals surface area contributed by atoms with E-state index in [1.165, 1.54) is 5.56 Å². The monoisotopic (exact) mass is 312 g/mol. The summed E-state index contributed by atoms with van der Waals surface area (Å²) in [7, 11) is 0. The zero-order valence-electron chi connectivity index (χ0n) is 12.2. The van der Waals surface area contributed by atoms with Gasteiger partial charge in [0.15, 0.2) is 0 Å². The summed E-state index contributed by atoms with van der Waals surface area (Å²) in [6.07, 6.45) is 4.20. The first-order valence-electron chi connectivity index (χ1n) is 7.45. The van der Waals surface area contributed by atoms with Crippen molar-refractivity contribution in [2.24, 2.45) is 5.10 Å². The van der Waals surface area contributed by atoms with Crippen molar-refractivity contribution in [2.75, 3.05) is 0 Å². The summed E-state index contributed by atoms with van der Waals surface area (Å²) >= 11 is 5.83. The Labute approximate surface area is 135 Å². The van der Waals surface area contributed by atoms with E-state index in [9.17, 15) is 4.79 Å². The minimum absolute atomic E-state index is 0.217. The molecule has 1 N–H and O–H groups in total. The Morgan fingerprint density at radius 3 is 2.55 bits per heavy atom. The fourth-order valence-corrected chi connectivity index (χ4v) is 2.79. The summed E-state index contributed by atoms with van der Waals surface area (Å²) in [5.74, 6) is -0.217. The van der Waals surface area contributed by atoms with Gasteiger partial charge in [-0.2, -0.15) is 5.10 Å². The zero-order valence-corrected chi connectivity index (χ0v) is 12.9. The van der Waals surface area contributed by atoms with Crippen molar-refractivity contribution in [3.05, 3.63) is 70.2 Å². The van der Waals surface area contributed by atoms with Crippen molar-refractivity contribution in [2.45, 2.75) is 25.7 Å². The second kappa shape index (κ2) is 6.75. The summed E-state index contributed by atoms with van der Waals surface area (Å²) in [6, 6.07) is 15.1. The number of amides is 1. The number of carbonyl (C=O) groups excluding carboxylic acids is 1. The van der Waals surface area contributed by atoms with Crippen LogP contribution in [0.5, 0.6) is 0 Å². The van der Waals surface area contributed by atoms with Crippen LogP contribution in [-0.2, 0) is 6.42 Å². The van der Waals surface area contributed by atoms with Gasteiger partial charge in [-0.1, -0.05) is 35.9 Å². The van der Waals surface area contributed by atoms with Gasteiger partial charge in [0.25, 0.3) is 5.91 Å². The topological polar surface area (TPSA) is 41.5 Å². The second-order valence-corrected chi connectivity index (χ2v) is 5.81. The summed E-state index contributed by atoms with van der Waals surface area (Å²) in [4.78, 5) is 12.1. The Morgan fingerprint density at radius 2 is 1.73 bits per heavy atom. The third kappa shape index (κ3) is 3.37. The highest BCUT2D eigenvalue weighted by molar-refractivity contribution is 6.30. The van der Waals surface area contributed by atoms with Crippen LogP contribution in [-0.4, -0.2) is 11.6 Å². The van der Waals surface area contributed by atoms with Gasteiger partial charge in [0.2, 0.25) is 0 Å². The number of hydrazone groups is 1. The van der Waals surface area contributed by atoms with Crippen LogP contribution in [0.15, 0.2) is 53.6 Å². The van der Waals surface area contributed by atoms with Gasteiger partial charge in [0.1, 0.15) is 0 Å². The van der Waals surface area contributed by atoms with Crippen molar-refractivity contribution in [3.8, 4) is 0 Å². The number of hydrogen-bond donors (Lipinski definition) is 1. The normalized spacial score (nSPS) is 16.0. The van der Waals surface area contributed by atoms with Crippen molar-refractivity contribution >= 4 is 23.2 Å². The largest absolute Gasteiger partial charge is 0.271 e. The Kier molecular flexibility index (Phi) is 4.54. The molecule has 2 aromatic rings. The molecule has 2 aromatic carbocycles. The highest BCUT2D eigenvalue weighted by Crippen LogP contribution is 2.20. The second-order valence-electron chi connectivity index (χ2n) is 5.37. The van der Waals surface area contributed by atoms with Crippen LogP contribution < -0.4 is 5.43 Å². The van der Waals surface area contributed by atoms with Crippen LogP contribution in [0.25, 0.3) is 0 Å². The molecule has 0 heterocycles. The fourth-order valence-electron chi connectivity index (χ4n) is 2.66. The van der Waals surface area contributed by atoms with E-state index >= 15 is 0 Å². The number of fused-ring (bicyclic) bond motifs is 1. The van der Waals surface area contributed by atoms with E-state index in [1.54, 1.807) is 24.3 Å². The molecular weight excluding hydrogens is 296 g/mol. The Balaban J connectivity index is 1.80. The van der Waals surface area contributed by atoms with E-state index in [1.807, 2.05) is 12.1 Å². The van der Waals surface area contributed by atoms with Gasteiger partial charge in [0.05, 0.1) is 5.71 Å². The lowest BCUT2D eigenvalue weighted by molar-refractivity contribution is 0.0955. The Hall–Kier alpha value is -2.13. The lowest BCUT2D eigenvalue weighted by Gasteiger charge is -2.08. The van der Waals surface area contributed by atoms with Crippen LogP contribution in [0.2, 0.25) is 5.02 Å². The van der Waals surface area contributed by atoms with Crippen LogP contribution in [0.3, 0.4) is 0 Å². The number of hydrogen-bond acceptors (Lipinski definition) is 2. The third-order valence-electron chi connectivity index (χ3n) is 3.84. The zero-order chi connectivity index (χ0) is 15.4. The number of benzene rings is 2. The molecule has 1 aliphatic rings. The summed E-state index contributed by atoms with van der Waals surface area (Å²) in [5.41, 5.74) is 6.62. The predicted molar refractivity (Wildman–Crippen MR) is 89.5 cm³/mol. The average molecular weight is 313 g/mol. The van der Waals surface area contributed by atoms with Gasteiger partial charge in [-0.3, -0.25) is 4.79 Å². The van der Waals surface area contributed by atoms with Gasteiger partial charge >= 0.3 is 0 Å². The first kappa shape index (κ1) is 14.8. The molecule has 1 amide bonds. The molecule has 3 rings (SSSR count). The molecule has 112 valence electrons. The molecule has 0 aliphatic heterocycles. The molecule has 0 spiro atoms. The average Bonchev–Trinajstić information content (AvgIpc) is 2.75. The number of rotatable bonds is 2. The van der Waals surface area contributed by atoms with Gasteiger partial charge < -0.3 is 0 Å². The lowest BCUT2D eigenvalue weighted by Crippen LogP contribution is -2.20. The van der Waals surface area contributed by atoms with Gasteiger partial charge in [-0.05, 0) is 55.5 Å². The van der Waals surface area contributed by atoms with E-state index in [0.29, 0.717) is 10.6 Å². The number of carbonyl (C=O) groups is 1. The molecule has 3 nitrogen and oxygen atoms in total. The summed E-state index contributed by atoms with van der Waals surface area (Å²) in [6.45, 7) is 0. The Bertz CT molecular complexity index is 707. The number of aryl methyl sites for hydroxylation is 1. The van der Waals surface area contributed by atoms with Gasteiger partial charge in [-0.15, -0.1) is 0 Å². The molecule has 0 aromatic heterocycles. The molecule has 0 saturated heterocycles. The summed E-state index contributed by atoms with van der Waals surface area (Å²) in [5, 5.41) is 4.98.